The topological polar surface area (TPSA) is 81.4 Å². The molecule has 1 fully saturated rings. The molecule has 2 atom stereocenters. The quantitative estimate of drug-likeness (QED) is 0.911. The van der Waals surface area contributed by atoms with Crippen molar-refractivity contribution in [2.24, 2.45) is 5.92 Å². The molecule has 0 spiro atoms. The molecule has 0 bridgehead atoms. The molecule has 0 saturated carbocycles. The van der Waals surface area contributed by atoms with Gasteiger partial charge in [-0.2, -0.15) is 5.26 Å². The van der Waals surface area contributed by atoms with Gasteiger partial charge in [0.05, 0.1) is 23.6 Å². The predicted octanol–water partition coefficient (Wildman–Crippen LogP) is 2.78. The van der Waals surface area contributed by atoms with E-state index in [0.717, 1.165) is 5.56 Å². The second-order valence-electron chi connectivity index (χ2n) is 6.15. The second kappa shape index (κ2) is 7.18. The first-order chi connectivity index (χ1) is 12.1. The van der Waals surface area contributed by atoms with Gasteiger partial charge < -0.3 is 10.0 Å². The number of benzene rings is 2. The van der Waals surface area contributed by atoms with Crippen LogP contribution in [-0.2, 0) is 16.0 Å². The lowest BCUT2D eigenvalue weighted by molar-refractivity contribution is -0.142. The van der Waals surface area contributed by atoms with Crippen molar-refractivity contribution < 1.29 is 14.7 Å². The van der Waals surface area contributed by atoms with E-state index in [2.05, 4.69) is 6.07 Å². The zero-order valence-corrected chi connectivity index (χ0v) is 13.6. The van der Waals surface area contributed by atoms with Crippen LogP contribution >= 0.6 is 0 Å². The van der Waals surface area contributed by atoms with Crippen molar-refractivity contribution in [2.75, 3.05) is 6.54 Å². The molecule has 126 valence electrons. The van der Waals surface area contributed by atoms with E-state index in [1.165, 1.54) is 0 Å². The maximum Gasteiger partial charge on any atom is 0.309 e. The average Bonchev–Trinajstić information content (AvgIpc) is 2.97. The van der Waals surface area contributed by atoms with Crippen molar-refractivity contribution >= 4 is 11.9 Å². The SMILES string of the molecule is N#Cc1cccc(C2C(C(=O)O)CC(=O)N2CCc2ccccc2)c1. The molecule has 5 nitrogen and oxygen atoms in total. The summed E-state index contributed by atoms with van der Waals surface area (Å²) in [5, 5.41) is 18.7. The lowest BCUT2D eigenvalue weighted by Gasteiger charge is -2.27. The summed E-state index contributed by atoms with van der Waals surface area (Å²) in [6.07, 6.45) is 0.652. The molecule has 0 radical (unpaired) electrons. The molecule has 0 aliphatic carbocycles. The van der Waals surface area contributed by atoms with Crippen molar-refractivity contribution in [3.63, 3.8) is 0 Å². The summed E-state index contributed by atoms with van der Waals surface area (Å²) in [5.41, 5.74) is 2.26. The molecule has 0 aromatic heterocycles. The van der Waals surface area contributed by atoms with E-state index in [4.69, 9.17) is 5.26 Å². The first kappa shape index (κ1) is 16.7. The minimum absolute atomic E-state index is 0.00836. The third-order valence-corrected chi connectivity index (χ3v) is 4.59. The smallest absolute Gasteiger partial charge is 0.309 e. The Bertz CT molecular complexity index is 826. The highest BCUT2D eigenvalue weighted by Crippen LogP contribution is 2.38. The molecular weight excluding hydrogens is 316 g/mol. The van der Waals surface area contributed by atoms with Gasteiger partial charge in [-0.3, -0.25) is 9.59 Å². The lowest BCUT2D eigenvalue weighted by Crippen LogP contribution is -2.32. The predicted molar refractivity (Wildman–Crippen MR) is 91.5 cm³/mol. The van der Waals surface area contributed by atoms with Gasteiger partial charge in [0.1, 0.15) is 0 Å². The Balaban J connectivity index is 1.89. The van der Waals surface area contributed by atoms with Crippen molar-refractivity contribution in [2.45, 2.75) is 18.9 Å². The van der Waals surface area contributed by atoms with Crippen LogP contribution in [0.5, 0.6) is 0 Å². The summed E-state index contributed by atoms with van der Waals surface area (Å²) >= 11 is 0. The van der Waals surface area contributed by atoms with Crippen molar-refractivity contribution in [3.05, 3.63) is 71.3 Å². The van der Waals surface area contributed by atoms with E-state index in [1.54, 1.807) is 29.2 Å². The maximum absolute atomic E-state index is 12.4. The van der Waals surface area contributed by atoms with Gasteiger partial charge in [0.15, 0.2) is 0 Å². The number of amides is 1. The Kier molecular flexibility index (Phi) is 4.80. The van der Waals surface area contributed by atoms with E-state index >= 15 is 0 Å². The minimum atomic E-state index is -0.983. The van der Waals surface area contributed by atoms with Crippen LogP contribution in [0.15, 0.2) is 54.6 Å². The third-order valence-electron chi connectivity index (χ3n) is 4.59. The molecule has 25 heavy (non-hydrogen) atoms. The van der Waals surface area contributed by atoms with Gasteiger partial charge in [-0.1, -0.05) is 42.5 Å². The molecule has 3 rings (SSSR count). The standard InChI is InChI=1S/C20H18N2O3/c21-13-15-7-4-8-16(11-15)19-17(20(24)25)12-18(23)22(19)10-9-14-5-2-1-3-6-14/h1-8,11,17,19H,9-10,12H2,(H,24,25). The fraction of sp³-hybridized carbons (Fsp3) is 0.250. The summed E-state index contributed by atoms with van der Waals surface area (Å²) in [5.74, 6) is -1.93. The number of likely N-dealkylation sites (tertiary alicyclic amines) is 1. The Morgan fingerprint density at radius 1 is 1.20 bits per heavy atom. The number of carbonyl (C=O) groups is 2. The number of nitriles is 1. The number of rotatable bonds is 5. The summed E-state index contributed by atoms with van der Waals surface area (Å²) in [6, 6.07) is 18.2. The first-order valence-electron chi connectivity index (χ1n) is 8.16. The van der Waals surface area contributed by atoms with Crippen LogP contribution in [0.3, 0.4) is 0 Å². The van der Waals surface area contributed by atoms with Crippen molar-refractivity contribution in [3.8, 4) is 6.07 Å². The van der Waals surface area contributed by atoms with Crippen LogP contribution in [0.4, 0.5) is 0 Å². The highest BCUT2D eigenvalue weighted by atomic mass is 16.4. The summed E-state index contributed by atoms with van der Waals surface area (Å²) in [4.78, 5) is 25.7. The number of hydrogen-bond acceptors (Lipinski definition) is 3. The molecule has 1 aliphatic rings. The highest BCUT2D eigenvalue weighted by molar-refractivity contribution is 5.87. The summed E-state index contributed by atoms with van der Waals surface area (Å²) in [6.45, 7) is 0.452. The van der Waals surface area contributed by atoms with Gasteiger partial charge in [-0.15, -0.1) is 0 Å². The zero-order chi connectivity index (χ0) is 17.8. The third kappa shape index (κ3) is 3.53. The van der Waals surface area contributed by atoms with Crippen LogP contribution in [-0.4, -0.2) is 28.4 Å². The lowest BCUT2D eigenvalue weighted by atomic mass is 9.92. The molecule has 1 amide bonds. The Morgan fingerprint density at radius 3 is 2.64 bits per heavy atom. The van der Waals surface area contributed by atoms with Gasteiger partial charge in [-0.25, -0.2) is 0 Å². The number of carboxylic acids is 1. The van der Waals surface area contributed by atoms with E-state index < -0.39 is 17.9 Å². The van der Waals surface area contributed by atoms with Crippen LogP contribution in [0.2, 0.25) is 0 Å². The first-order valence-corrected chi connectivity index (χ1v) is 8.16. The van der Waals surface area contributed by atoms with E-state index in [9.17, 15) is 14.7 Å². The van der Waals surface area contributed by atoms with Crippen LogP contribution in [0, 0.1) is 17.2 Å². The van der Waals surface area contributed by atoms with Crippen LogP contribution in [0.25, 0.3) is 0 Å². The molecular formula is C20H18N2O3. The maximum atomic E-state index is 12.4. The molecule has 2 unspecified atom stereocenters. The number of carboxylic acid groups (broad SMARTS) is 1. The number of nitrogens with zero attached hydrogens (tertiary/aromatic N) is 2. The molecule has 5 heteroatoms. The van der Waals surface area contributed by atoms with Gasteiger partial charge >= 0.3 is 5.97 Å². The summed E-state index contributed by atoms with van der Waals surface area (Å²) < 4.78 is 0. The fourth-order valence-corrected chi connectivity index (χ4v) is 3.37. The van der Waals surface area contributed by atoms with Gasteiger partial charge in [0.2, 0.25) is 5.91 Å². The largest absolute Gasteiger partial charge is 0.481 e. The van der Waals surface area contributed by atoms with Gasteiger partial charge in [0.25, 0.3) is 0 Å². The van der Waals surface area contributed by atoms with E-state index in [-0.39, 0.29) is 12.3 Å². The number of carbonyl (C=O) groups excluding carboxylic acids is 1. The molecule has 1 N–H and O–H groups in total. The minimum Gasteiger partial charge on any atom is -0.481 e. The Morgan fingerprint density at radius 2 is 1.96 bits per heavy atom. The molecule has 2 aromatic carbocycles. The average molecular weight is 334 g/mol. The number of aliphatic carboxylic acids is 1. The Labute approximate surface area is 146 Å². The molecule has 1 aliphatic heterocycles. The number of hydrogen-bond donors (Lipinski definition) is 1. The summed E-state index contributed by atoms with van der Waals surface area (Å²) in [7, 11) is 0. The van der Waals surface area contributed by atoms with Crippen molar-refractivity contribution in [1.29, 1.82) is 5.26 Å². The fourth-order valence-electron chi connectivity index (χ4n) is 3.37. The second-order valence-corrected chi connectivity index (χ2v) is 6.15. The zero-order valence-electron chi connectivity index (χ0n) is 13.6. The molecule has 2 aromatic rings. The molecule has 1 saturated heterocycles. The van der Waals surface area contributed by atoms with Gasteiger partial charge in [0, 0.05) is 13.0 Å². The molecule has 1 heterocycles. The van der Waals surface area contributed by atoms with Crippen LogP contribution < -0.4 is 0 Å². The van der Waals surface area contributed by atoms with E-state index in [0.29, 0.717) is 24.1 Å². The Hall–Kier alpha value is -3.13. The van der Waals surface area contributed by atoms with Gasteiger partial charge in [-0.05, 0) is 29.7 Å². The normalized spacial score (nSPS) is 19.6. The highest BCUT2D eigenvalue weighted by Gasteiger charge is 2.44. The van der Waals surface area contributed by atoms with Crippen LogP contribution in [0.1, 0.15) is 29.2 Å². The van der Waals surface area contributed by atoms with Crippen molar-refractivity contribution in [1.82, 2.24) is 4.90 Å². The van der Waals surface area contributed by atoms with E-state index in [1.807, 2.05) is 30.3 Å². The monoisotopic (exact) mass is 334 g/mol.